The van der Waals surface area contributed by atoms with Gasteiger partial charge in [-0.1, -0.05) is 90.3 Å². The van der Waals surface area contributed by atoms with Gasteiger partial charge in [0.15, 0.2) is 0 Å². The van der Waals surface area contributed by atoms with Gasteiger partial charge in [-0.15, -0.1) is 0 Å². The highest BCUT2D eigenvalue weighted by Gasteiger charge is 2.33. The van der Waals surface area contributed by atoms with E-state index in [9.17, 15) is 19.8 Å². The van der Waals surface area contributed by atoms with Crippen LogP contribution in [-0.2, 0) is 9.53 Å². The van der Waals surface area contributed by atoms with E-state index in [-0.39, 0.29) is 35.5 Å². The Kier molecular flexibility index (Phi) is 15.7. The maximum atomic E-state index is 12.7. The summed E-state index contributed by atoms with van der Waals surface area (Å²) >= 11 is 0. The summed E-state index contributed by atoms with van der Waals surface area (Å²) in [6.45, 7) is 15.9. The minimum Gasteiger partial charge on any atom is -0.445 e. The molecule has 0 aromatic carbocycles. The van der Waals surface area contributed by atoms with Crippen molar-refractivity contribution in [3.63, 3.8) is 0 Å². The molecule has 1 saturated carbocycles. The number of aliphatic hydroxyl groups is 2. The first-order chi connectivity index (χ1) is 18.3. The number of amides is 2. The van der Waals surface area contributed by atoms with Gasteiger partial charge in [-0.05, 0) is 38.0 Å². The van der Waals surface area contributed by atoms with Gasteiger partial charge < -0.3 is 25.6 Å². The summed E-state index contributed by atoms with van der Waals surface area (Å²) in [5.41, 5.74) is 6.38. The van der Waals surface area contributed by atoms with Crippen molar-refractivity contribution >= 4 is 12.0 Å². The number of allylic oxidation sites excluding steroid dienone is 3. The fourth-order valence-electron chi connectivity index (χ4n) is 6.10. The van der Waals surface area contributed by atoms with Crippen LogP contribution in [-0.4, -0.2) is 59.0 Å². The van der Waals surface area contributed by atoms with Crippen molar-refractivity contribution in [1.29, 1.82) is 0 Å². The average Bonchev–Trinajstić information content (AvgIpc) is 2.89. The number of hydrogen-bond donors (Lipinski definition) is 3. The zero-order chi connectivity index (χ0) is 29.7. The Labute approximate surface area is 237 Å². The second kappa shape index (κ2) is 17.5. The van der Waals surface area contributed by atoms with Crippen LogP contribution in [0.15, 0.2) is 36.5 Å². The van der Waals surface area contributed by atoms with Gasteiger partial charge in [0.2, 0.25) is 5.91 Å². The van der Waals surface area contributed by atoms with Gasteiger partial charge in [0, 0.05) is 43.7 Å². The highest BCUT2D eigenvalue weighted by molar-refractivity contribution is 5.76. The number of carbonyl (C=O) groups excluding carboxylic acids is 2. The molecule has 0 aromatic heterocycles. The van der Waals surface area contributed by atoms with Crippen LogP contribution in [0.3, 0.4) is 0 Å². The summed E-state index contributed by atoms with van der Waals surface area (Å²) in [5.74, 6) is -0.0742. The fraction of sp³-hybridized carbons (Fsp3) is 0.750. The van der Waals surface area contributed by atoms with Crippen molar-refractivity contribution < 1.29 is 24.5 Å². The standard InChI is InChI=1S/C32H56N2O5/c1-9-10-14-22(3)31(39-32(33)38)26(7)30(37)24(5)18-21(2)17-23(4)29(36)25(6)20-34(8)28(35)19-27-15-12-11-13-16-27/h9-10,14,17,22-27,29-31,36-37H,1,11-13,15-16,18-20H2,2-8H3,(H2,33,38)/b14-10-,21-17-/t22-,23-,24?,25-,26?,29+,30?,31?/m0/s1. The van der Waals surface area contributed by atoms with Crippen LogP contribution in [0.5, 0.6) is 0 Å². The molecule has 8 atom stereocenters. The van der Waals surface area contributed by atoms with Gasteiger partial charge >= 0.3 is 6.09 Å². The van der Waals surface area contributed by atoms with Gasteiger partial charge in [0.05, 0.1) is 12.2 Å². The molecule has 0 aliphatic heterocycles. The molecule has 1 aliphatic rings. The van der Waals surface area contributed by atoms with Crippen LogP contribution < -0.4 is 5.73 Å². The van der Waals surface area contributed by atoms with Crippen molar-refractivity contribution in [2.24, 2.45) is 41.2 Å². The lowest BCUT2D eigenvalue weighted by molar-refractivity contribution is -0.132. The zero-order valence-electron chi connectivity index (χ0n) is 25.5. The van der Waals surface area contributed by atoms with Crippen molar-refractivity contribution in [2.45, 2.75) is 105 Å². The topological polar surface area (TPSA) is 113 Å². The first-order valence-electron chi connectivity index (χ1n) is 14.8. The molecule has 1 aliphatic carbocycles. The summed E-state index contributed by atoms with van der Waals surface area (Å²) in [5, 5.41) is 22.1. The Bertz CT molecular complexity index is 819. The molecule has 0 spiro atoms. The summed E-state index contributed by atoms with van der Waals surface area (Å²) in [7, 11) is 1.84. The van der Waals surface area contributed by atoms with E-state index in [4.69, 9.17) is 10.5 Å². The predicted molar refractivity (Wildman–Crippen MR) is 159 cm³/mol. The lowest BCUT2D eigenvalue weighted by Gasteiger charge is -2.33. The smallest absolute Gasteiger partial charge is 0.404 e. The Hall–Kier alpha value is -2.12. The third-order valence-electron chi connectivity index (χ3n) is 8.45. The van der Waals surface area contributed by atoms with Crippen LogP contribution in [0, 0.1) is 35.5 Å². The number of aliphatic hydroxyl groups excluding tert-OH is 2. The number of primary amides is 1. The first kappa shape index (κ1) is 34.9. The Morgan fingerprint density at radius 1 is 1.03 bits per heavy atom. The van der Waals surface area contributed by atoms with Crippen molar-refractivity contribution in [2.75, 3.05) is 13.6 Å². The van der Waals surface area contributed by atoms with Gasteiger partial charge in [-0.3, -0.25) is 4.79 Å². The molecule has 0 heterocycles. The molecule has 0 radical (unpaired) electrons. The van der Waals surface area contributed by atoms with Crippen LogP contribution in [0.25, 0.3) is 0 Å². The summed E-state index contributed by atoms with van der Waals surface area (Å²) in [6, 6.07) is 0. The molecular formula is C32H56N2O5. The molecule has 0 saturated heterocycles. The molecule has 4 unspecified atom stereocenters. The SMILES string of the molecule is C=C/C=C\[C@H](C)C(OC(N)=O)C(C)C(O)C(C)C/C(C)=C\[C@H](C)[C@@H](O)[C@@H](C)CN(C)C(=O)CC1CCCCC1. The molecule has 7 heteroatoms. The van der Waals surface area contributed by atoms with Crippen molar-refractivity contribution in [3.05, 3.63) is 36.5 Å². The molecule has 1 rings (SSSR count). The van der Waals surface area contributed by atoms with Gasteiger partial charge in [0.25, 0.3) is 0 Å². The Balaban J connectivity index is 2.70. The lowest BCUT2D eigenvalue weighted by Crippen LogP contribution is -2.41. The number of rotatable bonds is 16. The molecule has 39 heavy (non-hydrogen) atoms. The molecular weight excluding hydrogens is 492 g/mol. The van der Waals surface area contributed by atoms with E-state index < -0.39 is 24.4 Å². The molecule has 7 nitrogen and oxygen atoms in total. The van der Waals surface area contributed by atoms with E-state index in [0.717, 1.165) is 18.4 Å². The van der Waals surface area contributed by atoms with Gasteiger partial charge in [0.1, 0.15) is 6.10 Å². The third-order valence-corrected chi connectivity index (χ3v) is 8.45. The molecule has 4 N–H and O–H groups in total. The summed E-state index contributed by atoms with van der Waals surface area (Å²) < 4.78 is 5.38. The zero-order valence-corrected chi connectivity index (χ0v) is 25.5. The maximum absolute atomic E-state index is 12.7. The summed E-state index contributed by atoms with van der Waals surface area (Å²) in [4.78, 5) is 26.0. The first-order valence-corrected chi connectivity index (χ1v) is 14.8. The second-order valence-electron chi connectivity index (χ2n) is 12.2. The Morgan fingerprint density at radius 3 is 2.21 bits per heavy atom. The normalized spacial score (nSPS) is 21.3. The van der Waals surface area contributed by atoms with E-state index >= 15 is 0 Å². The highest BCUT2D eigenvalue weighted by Crippen LogP contribution is 2.29. The van der Waals surface area contributed by atoms with E-state index in [1.165, 1.54) is 19.3 Å². The minimum atomic E-state index is -0.861. The number of nitrogens with zero attached hydrogens (tertiary/aromatic N) is 1. The Morgan fingerprint density at radius 2 is 1.64 bits per heavy atom. The predicted octanol–water partition coefficient (Wildman–Crippen LogP) is 5.86. The monoisotopic (exact) mass is 548 g/mol. The number of ether oxygens (including phenoxy) is 1. The second-order valence-corrected chi connectivity index (χ2v) is 12.2. The molecule has 0 aromatic rings. The molecule has 1 fully saturated rings. The maximum Gasteiger partial charge on any atom is 0.404 e. The molecule has 0 bridgehead atoms. The quantitative estimate of drug-likeness (QED) is 0.165. The van der Waals surface area contributed by atoms with Gasteiger partial charge in [-0.2, -0.15) is 0 Å². The minimum absolute atomic E-state index is 0.0655. The summed E-state index contributed by atoms with van der Waals surface area (Å²) in [6.07, 6.45) is 11.9. The van der Waals surface area contributed by atoms with Gasteiger partial charge in [-0.25, -0.2) is 4.79 Å². The fourth-order valence-corrected chi connectivity index (χ4v) is 6.10. The highest BCUT2D eigenvalue weighted by atomic mass is 16.6. The largest absolute Gasteiger partial charge is 0.445 e. The van der Waals surface area contributed by atoms with Crippen LogP contribution in [0.2, 0.25) is 0 Å². The lowest BCUT2D eigenvalue weighted by atomic mass is 9.81. The number of hydrogen-bond acceptors (Lipinski definition) is 5. The van der Waals surface area contributed by atoms with Crippen LogP contribution >= 0.6 is 0 Å². The van der Waals surface area contributed by atoms with Crippen LogP contribution in [0.1, 0.15) is 86.5 Å². The van der Waals surface area contributed by atoms with Crippen molar-refractivity contribution in [1.82, 2.24) is 4.90 Å². The third kappa shape index (κ3) is 12.3. The van der Waals surface area contributed by atoms with E-state index in [2.05, 4.69) is 12.7 Å². The van der Waals surface area contributed by atoms with E-state index in [1.807, 2.05) is 54.7 Å². The average molecular weight is 549 g/mol. The molecule has 224 valence electrons. The van der Waals surface area contributed by atoms with Crippen LogP contribution in [0.4, 0.5) is 4.79 Å². The number of carbonyl (C=O) groups is 2. The van der Waals surface area contributed by atoms with E-state index in [1.54, 1.807) is 17.1 Å². The van der Waals surface area contributed by atoms with E-state index in [0.29, 0.717) is 25.3 Å². The number of nitrogens with two attached hydrogens (primary N) is 1. The molecule has 2 amide bonds. The van der Waals surface area contributed by atoms with Crippen molar-refractivity contribution in [3.8, 4) is 0 Å².